The molecule has 0 atom stereocenters. The number of hydrogen-bond acceptors (Lipinski definition) is 3. The molecule has 9 rings (SSSR count). The number of rotatable bonds is 12. The van der Waals surface area contributed by atoms with Crippen molar-refractivity contribution in [2.45, 2.75) is 20.8 Å². The molecule has 0 aliphatic carbocycles. The van der Waals surface area contributed by atoms with Crippen molar-refractivity contribution in [2.75, 3.05) is 14.7 Å². The molecule has 0 aromatic heterocycles. The van der Waals surface area contributed by atoms with Gasteiger partial charge in [0.1, 0.15) is 0 Å². The highest BCUT2D eigenvalue weighted by molar-refractivity contribution is 5.92. The molecule has 0 fully saturated rings. The lowest BCUT2D eigenvalue weighted by Gasteiger charge is -2.29. The summed E-state index contributed by atoms with van der Waals surface area (Å²) in [7, 11) is 0. The predicted molar refractivity (Wildman–Crippen MR) is 265 cm³/mol. The quantitative estimate of drug-likeness (QED) is 0.114. The van der Waals surface area contributed by atoms with E-state index in [-0.39, 0.29) is 0 Å². The van der Waals surface area contributed by atoms with Gasteiger partial charge in [-0.1, -0.05) is 133 Å². The van der Waals surface area contributed by atoms with Gasteiger partial charge >= 0.3 is 0 Å². The Morgan fingerprint density at radius 1 is 0.274 bits per heavy atom. The van der Waals surface area contributed by atoms with Crippen LogP contribution in [0.3, 0.4) is 0 Å². The summed E-state index contributed by atoms with van der Waals surface area (Å²) < 4.78 is 0. The average Bonchev–Trinajstić information content (AvgIpc) is 3.31. The minimum Gasteiger partial charge on any atom is -0.311 e. The third kappa shape index (κ3) is 8.84. The highest BCUT2D eigenvalue weighted by atomic mass is 15.2. The van der Waals surface area contributed by atoms with E-state index in [4.69, 9.17) is 0 Å². The maximum Gasteiger partial charge on any atom is 0.0464 e. The first-order valence-electron chi connectivity index (χ1n) is 21.3. The van der Waals surface area contributed by atoms with Crippen molar-refractivity contribution >= 4 is 62.8 Å². The number of benzene rings is 9. The van der Waals surface area contributed by atoms with Gasteiger partial charge in [0, 0.05) is 51.2 Å². The van der Waals surface area contributed by atoms with Gasteiger partial charge in [-0.3, -0.25) is 0 Å². The molecule has 3 nitrogen and oxygen atoms in total. The van der Waals surface area contributed by atoms with E-state index in [1.54, 1.807) is 0 Å². The van der Waals surface area contributed by atoms with Crippen LogP contribution in [0.25, 0.3) is 11.6 Å². The SMILES string of the molecule is Cc1cccc(/C=C(\c2ccccc2)c2ccc(N(c3ccc(N(c4ccccc4)c4cccc(C)c4)cc3)c3ccc(N(c4ccccc4)c4cccc(C)c4)cc3)cc2)c1. The van der Waals surface area contributed by atoms with Gasteiger partial charge in [-0.25, -0.2) is 0 Å². The topological polar surface area (TPSA) is 9.72 Å². The van der Waals surface area contributed by atoms with Crippen LogP contribution in [0.15, 0.2) is 237 Å². The third-order valence-corrected chi connectivity index (χ3v) is 11.2. The van der Waals surface area contributed by atoms with E-state index in [0.29, 0.717) is 0 Å². The van der Waals surface area contributed by atoms with Gasteiger partial charge in [0.05, 0.1) is 0 Å². The average molecular weight is 800 g/mol. The molecule has 62 heavy (non-hydrogen) atoms. The van der Waals surface area contributed by atoms with E-state index >= 15 is 0 Å². The first-order chi connectivity index (χ1) is 30.5. The van der Waals surface area contributed by atoms with Gasteiger partial charge in [-0.05, 0) is 169 Å². The van der Waals surface area contributed by atoms with E-state index in [2.05, 4.69) is 278 Å². The molecule has 0 spiro atoms. The fourth-order valence-corrected chi connectivity index (χ4v) is 8.20. The first kappa shape index (κ1) is 39.6. The van der Waals surface area contributed by atoms with Crippen LogP contribution in [0.1, 0.15) is 33.4 Å². The summed E-state index contributed by atoms with van der Waals surface area (Å²) in [5, 5.41) is 0. The maximum absolute atomic E-state index is 2.35. The van der Waals surface area contributed by atoms with Crippen molar-refractivity contribution in [3.05, 3.63) is 270 Å². The van der Waals surface area contributed by atoms with Gasteiger partial charge in [0.25, 0.3) is 0 Å². The molecular formula is C59H49N3. The molecule has 9 aromatic rings. The minimum absolute atomic E-state index is 1.06. The molecule has 9 aromatic carbocycles. The minimum atomic E-state index is 1.06. The Hall–Kier alpha value is -7.88. The molecule has 0 saturated carbocycles. The molecule has 0 radical (unpaired) electrons. The monoisotopic (exact) mass is 799 g/mol. The Kier molecular flexibility index (Phi) is 11.6. The third-order valence-electron chi connectivity index (χ3n) is 11.2. The molecular weight excluding hydrogens is 751 g/mol. The highest BCUT2D eigenvalue weighted by Gasteiger charge is 2.19. The van der Waals surface area contributed by atoms with Crippen molar-refractivity contribution in [1.82, 2.24) is 0 Å². The largest absolute Gasteiger partial charge is 0.311 e. The summed E-state index contributed by atoms with van der Waals surface area (Å²) in [6.07, 6.45) is 2.30. The Morgan fingerprint density at radius 2 is 0.581 bits per heavy atom. The lowest BCUT2D eigenvalue weighted by atomic mass is 9.95. The maximum atomic E-state index is 2.35. The van der Waals surface area contributed by atoms with Gasteiger partial charge in [-0.2, -0.15) is 0 Å². The Balaban J connectivity index is 1.14. The molecule has 0 aliphatic rings. The number of anilines is 9. The normalized spacial score (nSPS) is 11.2. The van der Waals surface area contributed by atoms with Crippen molar-refractivity contribution in [1.29, 1.82) is 0 Å². The molecule has 0 heterocycles. The molecule has 0 bridgehead atoms. The molecule has 0 unspecified atom stereocenters. The lowest BCUT2D eigenvalue weighted by Crippen LogP contribution is -2.13. The predicted octanol–water partition coefficient (Wildman–Crippen LogP) is 16.6. The van der Waals surface area contributed by atoms with Crippen LogP contribution in [0.2, 0.25) is 0 Å². The molecule has 0 aliphatic heterocycles. The fraction of sp³-hybridized carbons (Fsp3) is 0.0508. The second kappa shape index (κ2) is 18.2. The van der Waals surface area contributed by atoms with E-state index in [0.717, 1.165) is 56.7 Å². The van der Waals surface area contributed by atoms with Crippen molar-refractivity contribution in [3.63, 3.8) is 0 Å². The standard InChI is InChI=1S/C59H49N3/c1-44-16-13-19-47(40-44)43-59(48-20-7-4-8-21-48)49-28-30-52(31-29-49)60(53-32-36-55(37-33-53)61(50-22-9-5-10-23-50)57-26-14-17-45(2)41-57)54-34-38-56(39-35-54)62(51-24-11-6-12-25-51)58-27-15-18-46(3)42-58/h4-43H,1-3H3/b59-43+. The zero-order chi connectivity index (χ0) is 42.3. The van der Waals surface area contributed by atoms with Crippen LogP contribution in [0.4, 0.5) is 51.2 Å². The van der Waals surface area contributed by atoms with Crippen LogP contribution >= 0.6 is 0 Å². The van der Waals surface area contributed by atoms with Gasteiger partial charge in [0.2, 0.25) is 0 Å². The van der Waals surface area contributed by atoms with Gasteiger partial charge in [0.15, 0.2) is 0 Å². The number of nitrogens with zero attached hydrogens (tertiary/aromatic N) is 3. The lowest BCUT2D eigenvalue weighted by molar-refractivity contribution is 1.24. The molecule has 3 heteroatoms. The van der Waals surface area contributed by atoms with Crippen molar-refractivity contribution in [3.8, 4) is 0 Å². The summed E-state index contributed by atoms with van der Waals surface area (Å²) in [4.78, 5) is 6.99. The summed E-state index contributed by atoms with van der Waals surface area (Å²) in [5.41, 5.74) is 18.2. The Morgan fingerprint density at radius 3 is 0.984 bits per heavy atom. The van der Waals surface area contributed by atoms with Crippen molar-refractivity contribution < 1.29 is 0 Å². The molecule has 300 valence electrons. The molecule has 0 N–H and O–H groups in total. The second-order valence-corrected chi connectivity index (χ2v) is 15.8. The van der Waals surface area contributed by atoms with Gasteiger partial charge < -0.3 is 14.7 Å². The number of aryl methyl sites for hydroxylation is 3. The van der Waals surface area contributed by atoms with Crippen LogP contribution in [0.5, 0.6) is 0 Å². The zero-order valence-electron chi connectivity index (χ0n) is 35.4. The number of hydrogen-bond donors (Lipinski definition) is 0. The van der Waals surface area contributed by atoms with E-state index in [1.165, 1.54) is 33.4 Å². The summed E-state index contributed by atoms with van der Waals surface area (Å²) >= 11 is 0. The van der Waals surface area contributed by atoms with Gasteiger partial charge in [-0.15, -0.1) is 0 Å². The van der Waals surface area contributed by atoms with Crippen LogP contribution in [-0.4, -0.2) is 0 Å². The van der Waals surface area contributed by atoms with E-state index in [9.17, 15) is 0 Å². The molecule has 0 amide bonds. The van der Waals surface area contributed by atoms with Crippen LogP contribution < -0.4 is 14.7 Å². The van der Waals surface area contributed by atoms with Crippen LogP contribution in [-0.2, 0) is 0 Å². The molecule has 0 saturated heterocycles. The Labute approximate surface area is 366 Å². The van der Waals surface area contributed by atoms with Crippen LogP contribution in [0, 0.1) is 20.8 Å². The number of para-hydroxylation sites is 2. The van der Waals surface area contributed by atoms with E-state index < -0.39 is 0 Å². The summed E-state index contributed by atoms with van der Waals surface area (Å²) in [5.74, 6) is 0. The second-order valence-electron chi connectivity index (χ2n) is 15.8. The van der Waals surface area contributed by atoms with E-state index in [1.807, 2.05) is 0 Å². The summed E-state index contributed by atoms with van der Waals surface area (Å²) in [6.45, 7) is 6.43. The Bertz CT molecular complexity index is 2770. The summed E-state index contributed by atoms with van der Waals surface area (Å²) in [6, 6.07) is 84.8. The fourth-order valence-electron chi connectivity index (χ4n) is 8.20. The first-order valence-corrected chi connectivity index (χ1v) is 21.3. The zero-order valence-corrected chi connectivity index (χ0v) is 35.4. The highest BCUT2D eigenvalue weighted by Crippen LogP contribution is 2.42. The van der Waals surface area contributed by atoms with Crippen molar-refractivity contribution in [2.24, 2.45) is 0 Å². The smallest absolute Gasteiger partial charge is 0.0464 e.